The van der Waals surface area contributed by atoms with E-state index in [0.717, 1.165) is 30.5 Å². The van der Waals surface area contributed by atoms with Crippen LogP contribution in [0.25, 0.3) is 0 Å². The number of aromatic nitrogens is 1. The van der Waals surface area contributed by atoms with Gasteiger partial charge in [0.25, 0.3) is 0 Å². The number of nitrogens with zero attached hydrogens (tertiary/aromatic N) is 1. The highest BCUT2D eigenvalue weighted by Crippen LogP contribution is 2.10. The van der Waals surface area contributed by atoms with Gasteiger partial charge in [-0.25, -0.2) is 8.78 Å². The molecule has 0 bridgehead atoms. The number of Topliss-reactive ketones (excluding diaryl/α,β-unsaturated/α-hetero) is 1. The van der Waals surface area contributed by atoms with Gasteiger partial charge in [0, 0.05) is 25.1 Å². The van der Waals surface area contributed by atoms with Crippen LogP contribution in [-0.2, 0) is 11.2 Å². The maximum atomic E-state index is 13.4. The van der Waals surface area contributed by atoms with Crippen molar-refractivity contribution in [1.82, 2.24) is 4.98 Å². The van der Waals surface area contributed by atoms with Gasteiger partial charge >= 0.3 is 0 Å². The molecule has 0 saturated carbocycles. The Balaban J connectivity index is 1.72. The van der Waals surface area contributed by atoms with Crippen molar-refractivity contribution in [2.75, 3.05) is 13.2 Å². The van der Waals surface area contributed by atoms with E-state index < -0.39 is 17.4 Å². The SMILES string of the molecule is O=C(COCCCc1ccncc1)c1ccc(F)cc1F. The second-order valence-electron chi connectivity index (χ2n) is 4.56. The van der Waals surface area contributed by atoms with E-state index in [0.29, 0.717) is 12.7 Å². The Morgan fingerprint density at radius 3 is 2.62 bits per heavy atom. The molecule has 110 valence electrons. The number of halogens is 2. The second kappa shape index (κ2) is 7.59. The zero-order chi connectivity index (χ0) is 15.1. The lowest BCUT2D eigenvalue weighted by Gasteiger charge is -2.05. The molecule has 1 aromatic heterocycles. The Labute approximate surface area is 121 Å². The van der Waals surface area contributed by atoms with Crippen molar-refractivity contribution < 1.29 is 18.3 Å². The number of ketones is 1. The summed E-state index contributed by atoms with van der Waals surface area (Å²) in [6.07, 6.45) is 5.01. The molecule has 0 saturated heterocycles. The lowest BCUT2D eigenvalue weighted by Crippen LogP contribution is -2.12. The fraction of sp³-hybridized carbons (Fsp3) is 0.250. The molecule has 2 rings (SSSR count). The van der Waals surface area contributed by atoms with E-state index in [1.54, 1.807) is 12.4 Å². The summed E-state index contributed by atoms with van der Waals surface area (Å²) in [5.41, 5.74) is 0.995. The molecular weight excluding hydrogens is 276 g/mol. The van der Waals surface area contributed by atoms with Crippen molar-refractivity contribution in [3.05, 3.63) is 65.5 Å². The molecule has 0 fully saturated rings. The maximum absolute atomic E-state index is 13.4. The van der Waals surface area contributed by atoms with Crippen LogP contribution in [0, 0.1) is 11.6 Å². The molecule has 0 radical (unpaired) electrons. The van der Waals surface area contributed by atoms with Gasteiger partial charge in [-0.15, -0.1) is 0 Å². The van der Waals surface area contributed by atoms with Crippen molar-refractivity contribution in [2.45, 2.75) is 12.8 Å². The number of pyridine rings is 1. The van der Waals surface area contributed by atoms with Crippen molar-refractivity contribution >= 4 is 5.78 Å². The van der Waals surface area contributed by atoms with Gasteiger partial charge in [-0.2, -0.15) is 0 Å². The summed E-state index contributed by atoms with van der Waals surface area (Å²) in [5, 5.41) is 0. The molecule has 0 N–H and O–H groups in total. The first kappa shape index (κ1) is 15.3. The largest absolute Gasteiger partial charge is 0.373 e. The van der Waals surface area contributed by atoms with E-state index in [1.165, 1.54) is 0 Å². The highest BCUT2D eigenvalue weighted by Gasteiger charge is 2.12. The minimum absolute atomic E-state index is 0.148. The number of aryl methyl sites for hydroxylation is 1. The van der Waals surface area contributed by atoms with Crippen LogP contribution in [0.15, 0.2) is 42.7 Å². The van der Waals surface area contributed by atoms with Crippen molar-refractivity contribution in [2.24, 2.45) is 0 Å². The third-order valence-corrected chi connectivity index (χ3v) is 2.97. The van der Waals surface area contributed by atoms with Gasteiger partial charge in [0.05, 0.1) is 5.56 Å². The zero-order valence-electron chi connectivity index (χ0n) is 11.4. The molecule has 0 aliphatic carbocycles. The molecule has 1 heterocycles. The van der Waals surface area contributed by atoms with Crippen LogP contribution in [0.5, 0.6) is 0 Å². The van der Waals surface area contributed by atoms with E-state index in [9.17, 15) is 13.6 Å². The summed E-state index contributed by atoms with van der Waals surface area (Å²) in [5.74, 6) is -2.06. The van der Waals surface area contributed by atoms with Gasteiger partial charge in [0.15, 0.2) is 5.78 Å². The van der Waals surface area contributed by atoms with Crippen molar-refractivity contribution in [3.63, 3.8) is 0 Å². The first-order valence-corrected chi connectivity index (χ1v) is 6.61. The van der Waals surface area contributed by atoms with Gasteiger partial charge in [-0.3, -0.25) is 9.78 Å². The average Bonchev–Trinajstić information content (AvgIpc) is 2.47. The molecule has 2 aromatic rings. The molecular formula is C16H15F2NO2. The molecule has 0 atom stereocenters. The lowest BCUT2D eigenvalue weighted by atomic mass is 10.1. The fourth-order valence-electron chi connectivity index (χ4n) is 1.89. The smallest absolute Gasteiger partial charge is 0.191 e. The summed E-state index contributed by atoms with van der Waals surface area (Å²) < 4.78 is 31.3. The molecule has 0 aliphatic heterocycles. The Kier molecular flexibility index (Phi) is 5.51. The van der Waals surface area contributed by atoms with Crippen molar-refractivity contribution in [3.8, 4) is 0 Å². The van der Waals surface area contributed by atoms with E-state index in [2.05, 4.69) is 4.98 Å². The molecule has 0 unspecified atom stereocenters. The monoisotopic (exact) mass is 291 g/mol. The fourth-order valence-corrected chi connectivity index (χ4v) is 1.89. The summed E-state index contributed by atoms with van der Waals surface area (Å²) in [6.45, 7) is 0.190. The first-order chi connectivity index (χ1) is 10.2. The van der Waals surface area contributed by atoms with E-state index in [1.807, 2.05) is 12.1 Å². The van der Waals surface area contributed by atoms with Crippen molar-refractivity contribution in [1.29, 1.82) is 0 Å². The molecule has 0 spiro atoms. The predicted molar refractivity (Wildman–Crippen MR) is 74.1 cm³/mol. The van der Waals surface area contributed by atoms with Gasteiger partial charge in [-0.1, -0.05) is 0 Å². The standard InChI is InChI=1S/C16H15F2NO2/c17-13-3-4-14(15(18)10-13)16(20)11-21-9-1-2-12-5-7-19-8-6-12/h3-8,10H,1-2,9,11H2. The lowest BCUT2D eigenvalue weighted by molar-refractivity contribution is 0.0752. The molecule has 21 heavy (non-hydrogen) atoms. The zero-order valence-corrected chi connectivity index (χ0v) is 11.4. The number of hydrogen-bond acceptors (Lipinski definition) is 3. The number of ether oxygens (including phenoxy) is 1. The van der Waals surface area contributed by atoms with Gasteiger partial charge in [-0.05, 0) is 42.7 Å². The van der Waals surface area contributed by atoms with Gasteiger partial charge in [0.1, 0.15) is 18.2 Å². The third-order valence-electron chi connectivity index (χ3n) is 2.97. The quantitative estimate of drug-likeness (QED) is 0.581. The molecule has 3 nitrogen and oxygen atoms in total. The Morgan fingerprint density at radius 1 is 1.14 bits per heavy atom. The Morgan fingerprint density at radius 2 is 1.90 bits per heavy atom. The number of benzene rings is 1. The van der Waals surface area contributed by atoms with Crippen LogP contribution in [0.1, 0.15) is 22.3 Å². The predicted octanol–water partition coefficient (Wildman–Crippen LogP) is 3.19. The summed E-state index contributed by atoms with van der Waals surface area (Å²) >= 11 is 0. The van der Waals surface area contributed by atoms with Gasteiger partial charge < -0.3 is 4.74 Å². The van der Waals surface area contributed by atoms with E-state index in [-0.39, 0.29) is 12.2 Å². The summed E-state index contributed by atoms with van der Waals surface area (Å²) in [7, 11) is 0. The van der Waals surface area contributed by atoms with Crippen LogP contribution < -0.4 is 0 Å². The van der Waals surface area contributed by atoms with Crippen LogP contribution in [-0.4, -0.2) is 24.0 Å². The number of hydrogen-bond donors (Lipinski definition) is 0. The Bertz CT molecular complexity index is 602. The molecule has 0 amide bonds. The minimum atomic E-state index is -0.861. The molecule has 0 aliphatic rings. The highest BCUT2D eigenvalue weighted by atomic mass is 19.1. The number of carbonyl (C=O) groups excluding carboxylic acids is 1. The third kappa shape index (κ3) is 4.72. The van der Waals surface area contributed by atoms with Crippen LogP contribution in [0.4, 0.5) is 8.78 Å². The summed E-state index contributed by atoms with van der Waals surface area (Å²) in [4.78, 5) is 15.6. The summed E-state index contributed by atoms with van der Waals surface area (Å²) in [6, 6.07) is 6.71. The topological polar surface area (TPSA) is 39.2 Å². The normalized spacial score (nSPS) is 10.6. The van der Waals surface area contributed by atoms with Crippen LogP contribution in [0.3, 0.4) is 0 Å². The van der Waals surface area contributed by atoms with Gasteiger partial charge in [0.2, 0.25) is 0 Å². The maximum Gasteiger partial charge on any atom is 0.191 e. The minimum Gasteiger partial charge on any atom is -0.373 e. The number of rotatable bonds is 7. The second-order valence-corrected chi connectivity index (χ2v) is 4.56. The average molecular weight is 291 g/mol. The van der Waals surface area contributed by atoms with Crippen LogP contribution in [0.2, 0.25) is 0 Å². The van der Waals surface area contributed by atoms with E-state index >= 15 is 0 Å². The number of carbonyl (C=O) groups is 1. The molecule has 1 aromatic carbocycles. The highest BCUT2D eigenvalue weighted by molar-refractivity contribution is 5.97. The Hall–Kier alpha value is -2.14. The van der Waals surface area contributed by atoms with E-state index in [4.69, 9.17) is 4.74 Å². The first-order valence-electron chi connectivity index (χ1n) is 6.61. The molecule has 5 heteroatoms. The van der Waals surface area contributed by atoms with Crippen LogP contribution >= 0.6 is 0 Å².